The van der Waals surface area contributed by atoms with Gasteiger partial charge in [-0.05, 0) is 12.0 Å². The second-order valence-corrected chi connectivity index (χ2v) is 6.29. The van der Waals surface area contributed by atoms with Crippen molar-refractivity contribution in [1.82, 2.24) is 5.32 Å². The molecule has 1 aromatic carbocycles. The van der Waals surface area contributed by atoms with Gasteiger partial charge in [0, 0.05) is 18.0 Å². The number of amides is 1. The van der Waals surface area contributed by atoms with Gasteiger partial charge in [-0.3, -0.25) is 4.79 Å². The van der Waals surface area contributed by atoms with E-state index >= 15 is 0 Å². The first kappa shape index (κ1) is 13.8. The number of allylic oxidation sites excluding steroid dienone is 1. The van der Waals surface area contributed by atoms with Crippen LogP contribution in [0.5, 0.6) is 0 Å². The van der Waals surface area contributed by atoms with Gasteiger partial charge in [-0.25, -0.2) is 0 Å². The minimum absolute atomic E-state index is 0.00438. The molecule has 1 N–H and O–H groups in total. The molecule has 18 heavy (non-hydrogen) atoms. The summed E-state index contributed by atoms with van der Waals surface area (Å²) in [6, 6.07) is 10.1. The molecular weight excluding hydrogens is 289 g/mol. The zero-order chi connectivity index (χ0) is 13.0. The van der Waals surface area contributed by atoms with Crippen LogP contribution in [0.15, 0.2) is 39.7 Å². The molecule has 0 aliphatic carbocycles. The third kappa shape index (κ3) is 3.67. The SMILES string of the molecule is O=C(NCCc1ccccc1)C1CC(Cl)=C(Cl)S1. The van der Waals surface area contributed by atoms with Crippen LogP contribution in [0, 0.1) is 0 Å². The second kappa shape index (κ2) is 6.50. The van der Waals surface area contributed by atoms with Gasteiger partial charge in [0.05, 0.1) is 9.61 Å². The summed E-state index contributed by atoms with van der Waals surface area (Å²) in [5, 5.41) is 3.32. The molecule has 0 saturated carbocycles. The van der Waals surface area contributed by atoms with Crippen molar-refractivity contribution in [3.05, 3.63) is 45.3 Å². The molecule has 1 aromatic rings. The van der Waals surface area contributed by atoms with E-state index in [1.807, 2.05) is 30.3 Å². The smallest absolute Gasteiger partial charge is 0.233 e. The topological polar surface area (TPSA) is 29.1 Å². The van der Waals surface area contributed by atoms with Crippen molar-refractivity contribution in [1.29, 1.82) is 0 Å². The van der Waals surface area contributed by atoms with Crippen LogP contribution >= 0.6 is 35.0 Å². The molecule has 96 valence electrons. The highest BCUT2D eigenvalue weighted by molar-refractivity contribution is 8.06. The molecule has 0 aromatic heterocycles. The first-order valence-corrected chi connectivity index (χ1v) is 7.33. The molecule has 1 aliphatic heterocycles. The van der Waals surface area contributed by atoms with Crippen molar-refractivity contribution in [3.63, 3.8) is 0 Å². The highest BCUT2D eigenvalue weighted by atomic mass is 35.5. The van der Waals surface area contributed by atoms with Crippen LogP contribution in [0.1, 0.15) is 12.0 Å². The zero-order valence-electron chi connectivity index (χ0n) is 9.66. The van der Waals surface area contributed by atoms with Gasteiger partial charge in [0.15, 0.2) is 0 Å². The Hall–Kier alpha value is -0.640. The van der Waals surface area contributed by atoms with E-state index in [9.17, 15) is 4.79 Å². The van der Waals surface area contributed by atoms with Gasteiger partial charge in [0.1, 0.15) is 0 Å². The summed E-state index contributed by atoms with van der Waals surface area (Å²) >= 11 is 13.1. The van der Waals surface area contributed by atoms with Gasteiger partial charge in [0.25, 0.3) is 0 Å². The molecule has 1 unspecified atom stereocenters. The van der Waals surface area contributed by atoms with E-state index in [0.29, 0.717) is 22.4 Å². The number of carbonyl (C=O) groups excluding carboxylic acids is 1. The van der Waals surface area contributed by atoms with Gasteiger partial charge < -0.3 is 5.32 Å². The number of rotatable bonds is 4. The van der Waals surface area contributed by atoms with E-state index in [1.54, 1.807) is 0 Å². The number of nitrogens with one attached hydrogen (secondary N) is 1. The lowest BCUT2D eigenvalue weighted by Crippen LogP contribution is -2.33. The molecule has 1 heterocycles. The molecule has 5 heteroatoms. The number of carbonyl (C=O) groups is 1. The van der Waals surface area contributed by atoms with E-state index < -0.39 is 0 Å². The summed E-state index contributed by atoms with van der Waals surface area (Å²) in [5.41, 5.74) is 1.21. The quantitative estimate of drug-likeness (QED) is 0.922. The fourth-order valence-electron chi connectivity index (χ4n) is 1.71. The first-order valence-electron chi connectivity index (χ1n) is 5.69. The van der Waals surface area contributed by atoms with Crippen LogP contribution in [0.4, 0.5) is 0 Å². The lowest BCUT2D eigenvalue weighted by molar-refractivity contribution is -0.120. The molecule has 1 aliphatic rings. The summed E-state index contributed by atoms with van der Waals surface area (Å²) < 4.78 is 0.542. The predicted octanol–water partition coefficient (Wildman–Crippen LogP) is 3.50. The Kier molecular flexibility index (Phi) is 4.98. The number of halogens is 2. The maximum absolute atomic E-state index is 11.9. The molecule has 1 atom stereocenters. The van der Waals surface area contributed by atoms with Crippen molar-refractivity contribution in [2.75, 3.05) is 6.54 Å². The summed E-state index contributed by atoms with van der Waals surface area (Å²) in [7, 11) is 0. The third-order valence-electron chi connectivity index (χ3n) is 2.67. The highest BCUT2D eigenvalue weighted by Gasteiger charge is 2.28. The summed E-state index contributed by atoms with van der Waals surface area (Å²) in [6.07, 6.45) is 1.36. The van der Waals surface area contributed by atoms with E-state index in [0.717, 1.165) is 6.42 Å². The van der Waals surface area contributed by atoms with Gasteiger partial charge in [0.2, 0.25) is 5.91 Å². The second-order valence-electron chi connectivity index (χ2n) is 4.02. The maximum atomic E-state index is 11.9. The van der Waals surface area contributed by atoms with Crippen LogP contribution < -0.4 is 5.32 Å². The Bertz CT molecular complexity index is 447. The zero-order valence-corrected chi connectivity index (χ0v) is 12.0. The Balaban J connectivity index is 1.73. The molecule has 0 bridgehead atoms. The molecule has 0 radical (unpaired) electrons. The number of thioether (sulfide) groups is 1. The molecule has 2 nitrogen and oxygen atoms in total. The minimum atomic E-state index is -0.180. The van der Waals surface area contributed by atoms with Crippen molar-refractivity contribution >= 4 is 40.9 Å². The predicted molar refractivity (Wildman–Crippen MR) is 77.9 cm³/mol. The molecule has 0 spiro atoms. The van der Waals surface area contributed by atoms with Crippen LogP contribution in [-0.4, -0.2) is 17.7 Å². The average molecular weight is 302 g/mol. The summed E-state index contributed by atoms with van der Waals surface area (Å²) in [4.78, 5) is 11.9. The first-order chi connectivity index (χ1) is 8.66. The van der Waals surface area contributed by atoms with Crippen LogP contribution in [-0.2, 0) is 11.2 Å². The molecule has 1 amide bonds. The van der Waals surface area contributed by atoms with E-state index in [2.05, 4.69) is 5.32 Å². The van der Waals surface area contributed by atoms with E-state index in [4.69, 9.17) is 23.2 Å². The van der Waals surface area contributed by atoms with Crippen molar-refractivity contribution in [2.45, 2.75) is 18.1 Å². The molecule has 0 fully saturated rings. The summed E-state index contributed by atoms with van der Waals surface area (Å²) in [6.45, 7) is 0.634. The number of hydrogen-bond acceptors (Lipinski definition) is 2. The van der Waals surface area contributed by atoms with E-state index in [1.165, 1.54) is 17.3 Å². The van der Waals surface area contributed by atoms with Crippen molar-refractivity contribution in [2.24, 2.45) is 0 Å². The Morgan fingerprint density at radius 1 is 1.33 bits per heavy atom. The van der Waals surface area contributed by atoms with Gasteiger partial charge >= 0.3 is 0 Å². The molecule has 0 saturated heterocycles. The monoisotopic (exact) mass is 301 g/mol. The van der Waals surface area contributed by atoms with Crippen molar-refractivity contribution in [3.8, 4) is 0 Å². The normalized spacial score (nSPS) is 19.1. The Morgan fingerprint density at radius 3 is 2.67 bits per heavy atom. The standard InChI is InChI=1S/C13H13Cl2NOS/c14-10-8-11(18-12(10)15)13(17)16-7-6-9-4-2-1-3-5-9/h1-5,11H,6-8H2,(H,16,17). The fourth-order valence-corrected chi connectivity index (χ4v) is 3.39. The van der Waals surface area contributed by atoms with Crippen molar-refractivity contribution < 1.29 is 4.79 Å². The lowest BCUT2D eigenvalue weighted by atomic mass is 10.1. The Labute approximate surface area is 121 Å². The third-order valence-corrected chi connectivity index (χ3v) is 4.84. The summed E-state index contributed by atoms with van der Waals surface area (Å²) in [5.74, 6) is 0.00438. The number of hydrogen-bond donors (Lipinski definition) is 1. The fraction of sp³-hybridized carbons (Fsp3) is 0.308. The number of benzene rings is 1. The maximum Gasteiger partial charge on any atom is 0.233 e. The average Bonchev–Trinajstić information content (AvgIpc) is 2.71. The Morgan fingerprint density at radius 2 is 2.06 bits per heavy atom. The van der Waals surface area contributed by atoms with E-state index in [-0.39, 0.29) is 11.2 Å². The lowest BCUT2D eigenvalue weighted by Gasteiger charge is -2.10. The van der Waals surface area contributed by atoms with Gasteiger partial charge in [-0.15, -0.1) is 0 Å². The van der Waals surface area contributed by atoms with Crippen LogP contribution in [0.3, 0.4) is 0 Å². The highest BCUT2D eigenvalue weighted by Crippen LogP contribution is 2.41. The van der Waals surface area contributed by atoms with Gasteiger partial charge in [-0.1, -0.05) is 65.3 Å². The van der Waals surface area contributed by atoms with Gasteiger partial charge in [-0.2, -0.15) is 0 Å². The van der Waals surface area contributed by atoms with Crippen LogP contribution in [0.25, 0.3) is 0 Å². The molecular formula is C13H13Cl2NOS. The largest absolute Gasteiger partial charge is 0.355 e. The van der Waals surface area contributed by atoms with Crippen LogP contribution in [0.2, 0.25) is 0 Å². The minimum Gasteiger partial charge on any atom is -0.355 e. The molecule has 2 rings (SSSR count).